The Hall–Kier alpha value is -1.81. The minimum Gasteiger partial charge on any atom is -0.496 e. The standard InChI is InChI=1S/C17H23N3O/c1-3-20(12-13-6-5-10-18-13)17-15-7-4-8-16(21-2)14(15)9-11-19-17/h4,7-9,11,13,18H,3,5-6,10,12H2,1-2H3. The number of benzene rings is 1. The minimum absolute atomic E-state index is 0.576. The smallest absolute Gasteiger partial charge is 0.136 e. The summed E-state index contributed by atoms with van der Waals surface area (Å²) in [5, 5.41) is 5.86. The molecule has 0 radical (unpaired) electrons. The maximum absolute atomic E-state index is 5.47. The van der Waals surface area contributed by atoms with Crippen LogP contribution in [0.2, 0.25) is 0 Å². The third-order valence-corrected chi connectivity index (χ3v) is 4.25. The molecule has 0 saturated carbocycles. The molecule has 1 N–H and O–H groups in total. The molecule has 112 valence electrons. The highest BCUT2D eigenvalue weighted by atomic mass is 16.5. The number of methoxy groups -OCH3 is 1. The molecule has 1 saturated heterocycles. The second-order valence-electron chi connectivity index (χ2n) is 5.52. The van der Waals surface area contributed by atoms with E-state index in [9.17, 15) is 0 Å². The quantitative estimate of drug-likeness (QED) is 0.916. The molecule has 1 aromatic carbocycles. The third-order valence-electron chi connectivity index (χ3n) is 4.25. The molecule has 2 aromatic rings. The molecule has 4 heteroatoms. The zero-order valence-electron chi connectivity index (χ0n) is 12.8. The van der Waals surface area contributed by atoms with Crippen LogP contribution in [-0.2, 0) is 0 Å². The van der Waals surface area contributed by atoms with Gasteiger partial charge in [-0.1, -0.05) is 12.1 Å². The Morgan fingerprint density at radius 3 is 2.95 bits per heavy atom. The van der Waals surface area contributed by atoms with E-state index < -0.39 is 0 Å². The normalized spacial score (nSPS) is 18.1. The van der Waals surface area contributed by atoms with Crippen molar-refractivity contribution in [1.82, 2.24) is 10.3 Å². The average Bonchev–Trinajstić information content (AvgIpc) is 3.04. The summed E-state index contributed by atoms with van der Waals surface area (Å²) in [5.41, 5.74) is 0. The zero-order chi connectivity index (χ0) is 14.7. The van der Waals surface area contributed by atoms with E-state index in [4.69, 9.17) is 4.74 Å². The van der Waals surface area contributed by atoms with E-state index in [1.54, 1.807) is 7.11 Å². The summed E-state index contributed by atoms with van der Waals surface area (Å²) >= 11 is 0. The first-order chi connectivity index (χ1) is 10.3. The predicted octanol–water partition coefficient (Wildman–Crippen LogP) is 2.82. The van der Waals surface area contributed by atoms with E-state index in [1.807, 2.05) is 24.4 Å². The Bertz CT molecular complexity index is 608. The van der Waals surface area contributed by atoms with E-state index >= 15 is 0 Å². The minimum atomic E-state index is 0.576. The van der Waals surface area contributed by atoms with Crippen molar-refractivity contribution in [3.8, 4) is 5.75 Å². The number of fused-ring (bicyclic) bond motifs is 1. The van der Waals surface area contributed by atoms with Gasteiger partial charge in [-0.2, -0.15) is 0 Å². The lowest BCUT2D eigenvalue weighted by Gasteiger charge is -2.26. The van der Waals surface area contributed by atoms with Gasteiger partial charge >= 0.3 is 0 Å². The monoisotopic (exact) mass is 285 g/mol. The highest BCUT2D eigenvalue weighted by molar-refractivity contribution is 5.96. The van der Waals surface area contributed by atoms with Crippen LogP contribution in [0, 0.1) is 0 Å². The summed E-state index contributed by atoms with van der Waals surface area (Å²) in [4.78, 5) is 7.00. The fourth-order valence-electron chi connectivity index (χ4n) is 3.14. The van der Waals surface area contributed by atoms with Crippen molar-refractivity contribution in [2.24, 2.45) is 0 Å². The van der Waals surface area contributed by atoms with Gasteiger partial charge in [-0.3, -0.25) is 0 Å². The summed E-state index contributed by atoms with van der Waals surface area (Å²) in [6.07, 6.45) is 4.41. The van der Waals surface area contributed by atoms with E-state index in [0.717, 1.165) is 42.0 Å². The fourth-order valence-corrected chi connectivity index (χ4v) is 3.14. The van der Waals surface area contributed by atoms with Gasteiger partial charge in [-0.25, -0.2) is 4.98 Å². The molecular formula is C17H23N3O. The third kappa shape index (κ3) is 2.81. The maximum Gasteiger partial charge on any atom is 0.136 e. The van der Waals surface area contributed by atoms with Gasteiger partial charge in [0.25, 0.3) is 0 Å². The Kier molecular flexibility index (Phi) is 4.25. The van der Waals surface area contributed by atoms with E-state index in [1.165, 1.54) is 12.8 Å². The lowest BCUT2D eigenvalue weighted by atomic mass is 10.1. The molecule has 1 atom stereocenters. The van der Waals surface area contributed by atoms with Gasteiger partial charge in [0.05, 0.1) is 7.11 Å². The first-order valence-electron chi connectivity index (χ1n) is 7.73. The lowest BCUT2D eigenvalue weighted by Crippen LogP contribution is -2.38. The summed E-state index contributed by atoms with van der Waals surface area (Å²) in [6, 6.07) is 8.77. The van der Waals surface area contributed by atoms with Crippen LogP contribution in [0.25, 0.3) is 10.8 Å². The van der Waals surface area contributed by atoms with Crippen LogP contribution in [-0.4, -0.2) is 37.8 Å². The van der Waals surface area contributed by atoms with Crippen LogP contribution in [0.15, 0.2) is 30.5 Å². The summed E-state index contributed by atoms with van der Waals surface area (Å²) in [5.74, 6) is 1.97. The Labute approximate surface area is 126 Å². The average molecular weight is 285 g/mol. The van der Waals surface area contributed by atoms with Gasteiger partial charge in [-0.15, -0.1) is 0 Å². The van der Waals surface area contributed by atoms with Gasteiger partial charge in [0.1, 0.15) is 11.6 Å². The largest absolute Gasteiger partial charge is 0.496 e. The number of nitrogens with one attached hydrogen (secondary N) is 1. The van der Waals surface area contributed by atoms with Gasteiger partial charge in [0.2, 0.25) is 0 Å². The number of aromatic nitrogens is 1. The summed E-state index contributed by atoms with van der Waals surface area (Å²) < 4.78 is 5.47. The van der Waals surface area contributed by atoms with Gasteiger partial charge in [-0.05, 0) is 38.4 Å². The van der Waals surface area contributed by atoms with Crippen molar-refractivity contribution in [2.45, 2.75) is 25.8 Å². The lowest BCUT2D eigenvalue weighted by molar-refractivity contribution is 0.420. The first-order valence-corrected chi connectivity index (χ1v) is 7.73. The molecule has 21 heavy (non-hydrogen) atoms. The Balaban J connectivity index is 1.97. The molecule has 0 bridgehead atoms. The predicted molar refractivity (Wildman–Crippen MR) is 87.2 cm³/mol. The topological polar surface area (TPSA) is 37.4 Å². The molecule has 1 aliphatic rings. The molecule has 0 amide bonds. The van der Waals surface area contributed by atoms with Crippen molar-refractivity contribution >= 4 is 16.6 Å². The van der Waals surface area contributed by atoms with Gasteiger partial charge in [0, 0.05) is 36.1 Å². The number of likely N-dealkylation sites (N-methyl/N-ethyl adjacent to an activating group) is 1. The van der Waals surface area contributed by atoms with E-state index in [0.29, 0.717) is 6.04 Å². The second-order valence-corrected chi connectivity index (χ2v) is 5.52. The Morgan fingerprint density at radius 1 is 1.33 bits per heavy atom. The number of ether oxygens (including phenoxy) is 1. The molecule has 1 aromatic heterocycles. The molecule has 3 rings (SSSR count). The number of hydrogen-bond acceptors (Lipinski definition) is 4. The van der Waals surface area contributed by atoms with Crippen molar-refractivity contribution in [1.29, 1.82) is 0 Å². The zero-order valence-corrected chi connectivity index (χ0v) is 12.8. The fraction of sp³-hybridized carbons (Fsp3) is 0.471. The van der Waals surface area contributed by atoms with Gasteiger partial charge in [0.15, 0.2) is 0 Å². The molecule has 1 unspecified atom stereocenters. The highest BCUT2D eigenvalue weighted by Crippen LogP contribution is 2.31. The van der Waals surface area contributed by atoms with Crippen LogP contribution in [0.3, 0.4) is 0 Å². The number of nitrogens with zero attached hydrogens (tertiary/aromatic N) is 2. The molecule has 0 aliphatic carbocycles. The maximum atomic E-state index is 5.47. The van der Waals surface area contributed by atoms with E-state index in [2.05, 4.69) is 28.2 Å². The van der Waals surface area contributed by atoms with Crippen LogP contribution in [0.5, 0.6) is 5.75 Å². The molecule has 0 spiro atoms. The summed E-state index contributed by atoms with van der Waals surface area (Å²) in [6.45, 7) is 5.30. The van der Waals surface area contributed by atoms with Crippen LogP contribution in [0.4, 0.5) is 5.82 Å². The van der Waals surface area contributed by atoms with Crippen molar-refractivity contribution in [2.75, 3.05) is 31.6 Å². The van der Waals surface area contributed by atoms with Crippen LogP contribution >= 0.6 is 0 Å². The van der Waals surface area contributed by atoms with Crippen LogP contribution in [0.1, 0.15) is 19.8 Å². The van der Waals surface area contributed by atoms with Crippen LogP contribution < -0.4 is 15.0 Å². The molecular weight excluding hydrogens is 262 g/mol. The number of rotatable bonds is 5. The van der Waals surface area contributed by atoms with Crippen molar-refractivity contribution < 1.29 is 4.74 Å². The Morgan fingerprint density at radius 2 is 2.24 bits per heavy atom. The van der Waals surface area contributed by atoms with E-state index in [-0.39, 0.29) is 0 Å². The second kappa shape index (κ2) is 6.31. The van der Waals surface area contributed by atoms with Crippen molar-refractivity contribution in [3.05, 3.63) is 30.5 Å². The molecule has 4 nitrogen and oxygen atoms in total. The number of hydrogen-bond donors (Lipinski definition) is 1. The number of anilines is 1. The van der Waals surface area contributed by atoms with Gasteiger partial charge < -0.3 is 15.0 Å². The molecule has 1 aliphatic heterocycles. The molecule has 2 heterocycles. The summed E-state index contributed by atoms with van der Waals surface area (Å²) in [7, 11) is 1.72. The van der Waals surface area contributed by atoms with Crippen molar-refractivity contribution in [3.63, 3.8) is 0 Å². The molecule has 1 fully saturated rings. The SMILES string of the molecule is CCN(CC1CCCN1)c1nccc2c(OC)cccc12. The number of pyridine rings is 1. The first kappa shape index (κ1) is 14.1. The highest BCUT2D eigenvalue weighted by Gasteiger charge is 2.19.